The molecule has 1 aliphatic heterocycles. The van der Waals surface area contributed by atoms with Gasteiger partial charge < -0.3 is 9.32 Å². The Bertz CT molecular complexity index is 1370. The van der Waals surface area contributed by atoms with Gasteiger partial charge in [-0.25, -0.2) is 9.18 Å². The van der Waals surface area contributed by atoms with Gasteiger partial charge in [-0.2, -0.15) is 0 Å². The summed E-state index contributed by atoms with van der Waals surface area (Å²) in [5.41, 5.74) is 2.56. The summed E-state index contributed by atoms with van der Waals surface area (Å²) in [7, 11) is 0. The number of para-hydroxylation sites is 1. The minimum Gasteiger partial charge on any atom is -0.408 e. The number of rotatable bonds is 5. The molecule has 168 valence electrons. The second kappa shape index (κ2) is 8.84. The van der Waals surface area contributed by atoms with Crippen molar-refractivity contribution >= 4 is 34.2 Å². The van der Waals surface area contributed by atoms with Crippen LogP contribution in [-0.4, -0.2) is 41.4 Å². The van der Waals surface area contributed by atoms with Gasteiger partial charge in [-0.3, -0.25) is 14.3 Å². The van der Waals surface area contributed by atoms with Crippen LogP contribution in [0.2, 0.25) is 5.02 Å². The molecule has 0 radical (unpaired) electrons. The minimum atomic E-state index is -0.474. The third-order valence-electron chi connectivity index (χ3n) is 5.94. The first-order valence-electron chi connectivity index (χ1n) is 10.6. The van der Waals surface area contributed by atoms with Crippen molar-refractivity contribution in [2.45, 2.75) is 6.67 Å². The molecule has 0 unspecified atom stereocenters. The maximum Gasteiger partial charge on any atom is 0.421 e. The second-order valence-corrected chi connectivity index (χ2v) is 8.45. The number of oxazole rings is 1. The van der Waals surface area contributed by atoms with E-state index in [-0.39, 0.29) is 11.6 Å². The lowest BCUT2D eigenvalue weighted by molar-refractivity contribution is 0.103. The molecule has 4 aromatic rings. The molecule has 0 bridgehead atoms. The van der Waals surface area contributed by atoms with Crippen LogP contribution in [0.5, 0.6) is 0 Å². The third-order valence-corrected chi connectivity index (χ3v) is 6.19. The molecule has 8 heteroatoms. The van der Waals surface area contributed by atoms with E-state index in [1.807, 2.05) is 11.0 Å². The molecule has 1 fully saturated rings. The predicted octanol–water partition coefficient (Wildman–Crippen LogP) is 4.40. The molecular weight excluding hydrogens is 445 g/mol. The number of piperazine rings is 1. The molecule has 0 saturated carbocycles. The number of hydrogen-bond acceptors (Lipinski definition) is 5. The number of nitrogens with zero attached hydrogens (tertiary/aromatic N) is 3. The molecule has 1 aliphatic rings. The summed E-state index contributed by atoms with van der Waals surface area (Å²) in [5.74, 6) is -0.870. The van der Waals surface area contributed by atoms with Gasteiger partial charge in [0.25, 0.3) is 0 Å². The summed E-state index contributed by atoms with van der Waals surface area (Å²) in [6.07, 6.45) is 0. The highest BCUT2D eigenvalue weighted by atomic mass is 35.5. The fraction of sp³-hybridized carbons (Fsp3) is 0.200. The van der Waals surface area contributed by atoms with E-state index < -0.39 is 5.76 Å². The van der Waals surface area contributed by atoms with Crippen LogP contribution in [0.15, 0.2) is 75.9 Å². The van der Waals surface area contributed by atoms with Crippen molar-refractivity contribution in [3.63, 3.8) is 0 Å². The number of halogens is 2. The number of fused-ring (bicyclic) bond motifs is 1. The Balaban J connectivity index is 1.35. The van der Waals surface area contributed by atoms with Crippen molar-refractivity contribution in [2.75, 3.05) is 31.1 Å². The zero-order valence-electron chi connectivity index (χ0n) is 17.7. The SMILES string of the molecule is O=C(c1ccc(Cl)cc1)c1ccc2oc(=O)n(CN3CCN(c4ccccc4F)CC3)c2c1. The zero-order chi connectivity index (χ0) is 22.9. The zero-order valence-corrected chi connectivity index (χ0v) is 18.5. The quantitative estimate of drug-likeness (QED) is 0.409. The molecule has 0 atom stereocenters. The summed E-state index contributed by atoms with van der Waals surface area (Å²) in [4.78, 5) is 29.6. The molecule has 33 heavy (non-hydrogen) atoms. The van der Waals surface area contributed by atoms with Gasteiger partial charge in [0.1, 0.15) is 5.82 Å². The number of aromatic nitrogens is 1. The maximum absolute atomic E-state index is 14.1. The molecule has 0 aliphatic carbocycles. The van der Waals surface area contributed by atoms with Gasteiger partial charge in [-0.15, -0.1) is 0 Å². The average molecular weight is 466 g/mol. The van der Waals surface area contributed by atoms with Crippen LogP contribution in [0.4, 0.5) is 10.1 Å². The van der Waals surface area contributed by atoms with E-state index in [0.717, 1.165) is 0 Å². The molecule has 1 saturated heterocycles. The predicted molar refractivity (Wildman–Crippen MR) is 126 cm³/mol. The highest BCUT2D eigenvalue weighted by molar-refractivity contribution is 6.30. The van der Waals surface area contributed by atoms with E-state index in [2.05, 4.69) is 4.90 Å². The smallest absolute Gasteiger partial charge is 0.408 e. The van der Waals surface area contributed by atoms with Gasteiger partial charge in [0.15, 0.2) is 11.4 Å². The van der Waals surface area contributed by atoms with Crippen LogP contribution >= 0.6 is 11.6 Å². The van der Waals surface area contributed by atoms with Crippen molar-refractivity contribution < 1.29 is 13.6 Å². The summed E-state index contributed by atoms with van der Waals surface area (Å²) < 4.78 is 21.0. The summed E-state index contributed by atoms with van der Waals surface area (Å²) in [6.45, 7) is 2.95. The molecular formula is C25H21ClFN3O3. The van der Waals surface area contributed by atoms with E-state index in [4.69, 9.17) is 16.0 Å². The fourth-order valence-corrected chi connectivity index (χ4v) is 4.27. The largest absolute Gasteiger partial charge is 0.421 e. The highest BCUT2D eigenvalue weighted by Crippen LogP contribution is 2.22. The molecule has 0 amide bonds. The lowest BCUT2D eigenvalue weighted by atomic mass is 10.0. The Morgan fingerprint density at radius 1 is 0.939 bits per heavy atom. The van der Waals surface area contributed by atoms with Crippen molar-refractivity contribution in [3.8, 4) is 0 Å². The lowest BCUT2D eigenvalue weighted by Gasteiger charge is -2.36. The molecule has 0 N–H and O–H groups in total. The average Bonchev–Trinajstić information content (AvgIpc) is 3.14. The molecule has 1 aromatic heterocycles. The van der Waals surface area contributed by atoms with Gasteiger partial charge in [0.2, 0.25) is 0 Å². The molecule has 3 aromatic carbocycles. The van der Waals surface area contributed by atoms with E-state index in [0.29, 0.717) is 65.8 Å². The summed E-state index contributed by atoms with van der Waals surface area (Å²) >= 11 is 5.92. The van der Waals surface area contributed by atoms with E-state index in [1.165, 1.54) is 10.6 Å². The van der Waals surface area contributed by atoms with Crippen molar-refractivity contribution in [1.29, 1.82) is 0 Å². The van der Waals surface area contributed by atoms with Crippen LogP contribution in [0.25, 0.3) is 11.1 Å². The Labute approximate surface area is 194 Å². The van der Waals surface area contributed by atoms with Gasteiger partial charge in [0.05, 0.1) is 17.9 Å². The topological polar surface area (TPSA) is 58.7 Å². The number of carbonyl (C=O) groups is 1. The number of hydrogen-bond donors (Lipinski definition) is 0. The van der Waals surface area contributed by atoms with Gasteiger partial charge >= 0.3 is 5.76 Å². The molecule has 2 heterocycles. The third kappa shape index (κ3) is 4.29. The van der Waals surface area contributed by atoms with Gasteiger partial charge in [-0.1, -0.05) is 23.7 Å². The summed E-state index contributed by atoms with van der Waals surface area (Å²) in [5, 5.41) is 0.556. The van der Waals surface area contributed by atoms with Crippen LogP contribution in [0, 0.1) is 5.82 Å². The Morgan fingerprint density at radius 2 is 1.64 bits per heavy atom. The molecule has 0 spiro atoms. The first kappa shape index (κ1) is 21.4. The first-order valence-corrected chi connectivity index (χ1v) is 11.0. The van der Waals surface area contributed by atoms with Crippen molar-refractivity contribution in [2.24, 2.45) is 0 Å². The Kier molecular flexibility index (Phi) is 5.74. The Hall–Kier alpha value is -3.42. The fourth-order valence-electron chi connectivity index (χ4n) is 4.14. The van der Waals surface area contributed by atoms with Gasteiger partial charge in [-0.05, 0) is 54.6 Å². The second-order valence-electron chi connectivity index (χ2n) is 8.01. The number of anilines is 1. The van der Waals surface area contributed by atoms with Gasteiger partial charge in [0, 0.05) is 42.3 Å². The van der Waals surface area contributed by atoms with Crippen LogP contribution in [0.1, 0.15) is 15.9 Å². The first-order chi connectivity index (χ1) is 16.0. The standard InChI is InChI=1S/C25H21ClFN3O3/c26-19-8-5-17(6-9-19)24(31)18-7-10-23-22(15-18)30(25(32)33-23)16-28-11-13-29(14-12-28)21-4-2-1-3-20(21)27/h1-10,15H,11-14,16H2. The normalized spacial score (nSPS) is 14.7. The van der Waals surface area contributed by atoms with Crippen molar-refractivity contribution in [1.82, 2.24) is 9.47 Å². The van der Waals surface area contributed by atoms with E-state index in [9.17, 15) is 14.0 Å². The lowest BCUT2D eigenvalue weighted by Crippen LogP contribution is -2.47. The van der Waals surface area contributed by atoms with Crippen LogP contribution in [-0.2, 0) is 6.67 Å². The summed E-state index contributed by atoms with van der Waals surface area (Å²) in [6, 6.07) is 18.4. The van der Waals surface area contributed by atoms with Crippen LogP contribution in [0.3, 0.4) is 0 Å². The van der Waals surface area contributed by atoms with E-state index >= 15 is 0 Å². The van der Waals surface area contributed by atoms with Crippen LogP contribution < -0.4 is 10.7 Å². The monoisotopic (exact) mass is 465 g/mol. The minimum absolute atomic E-state index is 0.160. The van der Waals surface area contributed by atoms with E-state index in [1.54, 1.807) is 54.6 Å². The molecule has 6 nitrogen and oxygen atoms in total. The highest BCUT2D eigenvalue weighted by Gasteiger charge is 2.21. The maximum atomic E-state index is 14.1. The van der Waals surface area contributed by atoms with Crippen molar-refractivity contribution in [3.05, 3.63) is 99.2 Å². The Morgan fingerprint density at radius 3 is 2.36 bits per heavy atom. The molecule has 5 rings (SSSR count). The number of benzene rings is 3. The number of ketones is 1. The number of carbonyl (C=O) groups excluding carboxylic acids is 1.